The fourth-order valence-corrected chi connectivity index (χ4v) is 4.15. The van der Waals surface area contributed by atoms with Crippen LogP contribution in [0, 0.1) is 5.82 Å². The smallest absolute Gasteiger partial charge is 0.244 e. The minimum Gasteiger partial charge on any atom is -0.497 e. The normalized spacial score (nSPS) is 13.5. The van der Waals surface area contributed by atoms with Gasteiger partial charge in [0.15, 0.2) is 0 Å². The van der Waals surface area contributed by atoms with Crippen LogP contribution >= 0.6 is 0 Å². The molecular weight excluding hydrogens is 383 g/mol. The van der Waals surface area contributed by atoms with E-state index < -0.39 is 28.0 Å². The van der Waals surface area contributed by atoms with Crippen molar-refractivity contribution in [2.75, 3.05) is 17.7 Å². The van der Waals surface area contributed by atoms with E-state index in [1.165, 1.54) is 19.2 Å². The average Bonchev–Trinajstić information content (AvgIpc) is 2.65. The summed E-state index contributed by atoms with van der Waals surface area (Å²) in [6, 6.07) is 10.9. The van der Waals surface area contributed by atoms with Gasteiger partial charge in [-0.05, 0) is 55.3 Å². The number of nitrogens with one attached hydrogen (secondary N) is 1. The maximum Gasteiger partial charge on any atom is 0.244 e. The van der Waals surface area contributed by atoms with E-state index in [4.69, 9.17) is 4.74 Å². The first-order valence-electron chi connectivity index (χ1n) is 8.86. The summed E-state index contributed by atoms with van der Waals surface area (Å²) in [5.74, 6) is -0.211. The largest absolute Gasteiger partial charge is 0.497 e. The Labute approximate surface area is 165 Å². The molecule has 152 valence electrons. The number of halogens is 1. The van der Waals surface area contributed by atoms with Crippen molar-refractivity contribution in [1.82, 2.24) is 5.32 Å². The molecule has 0 unspecified atom stereocenters. The molecule has 0 heterocycles. The van der Waals surface area contributed by atoms with Gasteiger partial charge in [-0.25, -0.2) is 12.8 Å². The van der Waals surface area contributed by atoms with E-state index in [0.717, 1.165) is 16.1 Å². The lowest BCUT2D eigenvalue weighted by atomic mass is 10.1. The number of hydrogen-bond acceptors (Lipinski definition) is 4. The average molecular weight is 408 g/mol. The van der Waals surface area contributed by atoms with Crippen LogP contribution in [-0.4, -0.2) is 33.7 Å². The number of carbonyl (C=O) groups excluding carboxylic acids is 1. The van der Waals surface area contributed by atoms with Crippen LogP contribution in [0.2, 0.25) is 0 Å². The molecule has 0 fully saturated rings. The van der Waals surface area contributed by atoms with Gasteiger partial charge in [-0.2, -0.15) is 0 Å². The standard InChI is InChI=1S/C20H25FN2O4S/c1-5-19(20(24)22-14(2)15-6-8-16(21)9-7-15)23(28(4,25)26)17-10-12-18(27-3)13-11-17/h6-14,19H,5H2,1-4H3,(H,22,24)/t14-,19-/m0/s1. The fourth-order valence-electron chi connectivity index (χ4n) is 2.93. The molecule has 0 spiro atoms. The Hall–Kier alpha value is -2.61. The third-order valence-electron chi connectivity index (χ3n) is 4.39. The van der Waals surface area contributed by atoms with E-state index in [1.54, 1.807) is 50.2 Å². The monoisotopic (exact) mass is 408 g/mol. The fraction of sp³-hybridized carbons (Fsp3) is 0.350. The highest BCUT2D eigenvalue weighted by atomic mass is 32.2. The van der Waals surface area contributed by atoms with Crippen molar-refractivity contribution in [3.63, 3.8) is 0 Å². The number of hydrogen-bond donors (Lipinski definition) is 1. The second-order valence-corrected chi connectivity index (χ2v) is 8.32. The number of anilines is 1. The molecule has 2 aromatic rings. The van der Waals surface area contributed by atoms with Crippen molar-refractivity contribution in [3.8, 4) is 5.75 Å². The summed E-state index contributed by atoms with van der Waals surface area (Å²) < 4.78 is 44.2. The van der Waals surface area contributed by atoms with Gasteiger partial charge in [0.2, 0.25) is 15.9 Å². The van der Waals surface area contributed by atoms with E-state index in [1.807, 2.05) is 0 Å². The van der Waals surface area contributed by atoms with Crippen molar-refractivity contribution >= 4 is 21.6 Å². The minimum absolute atomic E-state index is 0.279. The van der Waals surface area contributed by atoms with E-state index >= 15 is 0 Å². The topological polar surface area (TPSA) is 75.7 Å². The number of carbonyl (C=O) groups is 1. The lowest BCUT2D eigenvalue weighted by Crippen LogP contribution is -2.49. The van der Waals surface area contributed by atoms with Crippen LogP contribution < -0.4 is 14.4 Å². The zero-order chi connectivity index (χ0) is 20.9. The molecular formula is C20H25FN2O4S. The summed E-state index contributed by atoms with van der Waals surface area (Å²) in [7, 11) is -2.20. The number of sulfonamides is 1. The summed E-state index contributed by atoms with van der Waals surface area (Å²) in [5, 5.41) is 2.82. The molecule has 2 atom stereocenters. The maximum atomic E-state index is 13.1. The van der Waals surface area contributed by atoms with Crippen molar-refractivity contribution in [1.29, 1.82) is 0 Å². The van der Waals surface area contributed by atoms with Gasteiger partial charge in [0.1, 0.15) is 17.6 Å². The van der Waals surface area contributed by atoms with E-state index in [0.29, 0.717) is 11.4 Å². The zero-order valence-corrected chi connectivity index (χ0v) is 17.2. The van der Waals surface area contributed by atoms with Crippen molar-refractivity contribution < 1.29 is 22.3 Å². The van der Waals surface area contributed by atoms with Gasteiger partial charge < -0.3 is 10.1 Å². The van der Waals surface area contributed by atoms with Gasteiger partial charge in [0.05, 0.1) is 25.1 Å². The van der Waals surface area contributed by atoms with Crippen LogP contribution in [0.4, 0.5) is 10.1 Å². The van der Waals surface area contributed by atoms with Crippen molar-refractivity contribution in [3.05, 3.63) is 59.9 Å². The van der Waals surface area contributed by atoms with Gasteiger partial charge in [0, 0.05) is 0 Å². The van der Waals surface area contributed by atoms with Gasteiger partial charge in [-0.15, -0.1) is 0 Å². The summed E-state index contributed by atoms with van der Waals surface area (Å²) >= 11 is 0. The Kier molecular flexibility index (Phi) is 7.01. The van der Waals surface area contributed by atoms with Gasteiger partial charge in [0.25, 0.3) is 0 Å². The predicted molar refractivity (Wildman–Crippen MR) is 107 cm³/mol. The number of amides is 1. The van der Waals surface area contributed by atoms with Crippen LogP contribution in [0.5, 0.6) is 5.75 Å². The molecule has 0 radical (unpaired) electrons. The van der Waals surface area contributed by atoms with Gasteiger partial charge in [-0.1, -0.05) is 19.1 Å². The number of methoxy groups -OCH3 is 1. The molecule has 1 N–H and O–H groups in total. The summed E-state index contributed by atoms with van der Waals surface area (Å²) in [6.07, 6.45) is 1.34. The zero-order valence-electron chi connectivity index (χ0n) is 16.3. The minimum atomic E-state index is -3.72. The lowest BCUT2D eigenvalue weighted by molar-refractivity contribution is -0.122. The van der Waals surface area contributed by atoms with Gasteiger partial charge >= 0.3 is 0 Å². The van der Waals surface area contributed by atoms with Crippen LogP contribution in [0.25, 0.3) is 0 Å². The summed E-state index contributed by atoms with van der Waals surface area (Å²) in [4.78, 5) is 12.9. The first kappa shape index (κ1) is 21.7. The Morgan fingerprint density at radius 1 is 1.14 bits per heavy atom. The molecule has 0 saturated heterocycles. The van der Waals surface area contributed by atoms with Crippen LogP contribution in [0.1, 0.15) is 31.9 Å². The SMILES string of the molecule is CC[C@@H](C(=O)N[C@@H](C)c1ccc(F)cc1)N(c1ccc(OC)cc1)S(C)(=O)=O. The second-order valence-electron chi connectivity index (χ2n) is 6.46. The number of benzene rings is 2. The molecule has 28 heavy (non-hydrogen) atoms. The molecule has 8 heteroatoms. The Balaban J connectivity index is 2.29. The highest BCUT2D eigenvalue weighted by Gasteiger charge is 2.32. The lowest BCUT2D eigenvalue weighted by Gasteiger charge is -2.31. The first-order chi connectivity index (χ1) is 13.2. The number of rotatable bonds is 8. The molecule has 0 aromatic heterocycles. The third-order valence-corrected chi connectivity index (χ3v) is 5.57. The molecule has 2 rings (SSSR count). The van der Waals surface area contributed by atoms with E-state index in [-0.39, 0.29) is 12.2 Å². The molecule has 0 aliphatic carbocycles. The highest BCUT2D eigenvalue weighted by Crippen LogP contribution is 2.25. The second kappa shape index (κ2) is 9.05. The predicted octanol–water partition coefficient (Wildman–Crippen LogP) is 3.26. The first-order valence-corrected chi connectivity index (χ1v) is 10.7. The molecule has 2 aromatic carbocycles. The number of ether oxygens (including phenoxy) is 1. The molecule has 0 saturated carbocycles. The maximum absolute atomic E-state index is 13.1. The van der Waals surface area contributed by atoms with Crippen molar-refractivity contribution in [2.45, 2.75) is 32.4 Å². The Bertz CT molecular complexity index is 899. The van der Waals surface area contributed by atoms with Crippen LogP contribution in [0.15, 0.2) is 48.5 Å². The van der Waals surface area contributed by atoms with Crippen molar-refractivity contribution in [2.24, 2.45) is 0 Å². The highest BCUT2D eigenvalue weighted by molar-refractivity contribution is 7.92. The Morgan fingerprint density at radius 2 is 1.71 bits per heavy atom. The molecule has 0 aliphatic rings. The third kappa shape index (κ3) is 5.22. The Morgan fingerprint density at radius 3 is 2.18 bits per heavy atom. The summed E-state index contributed by atoms with van der Waals surface area (Å²) in [5.41, 5.74) is 1.10. The number of nitrogens with zero attached hydrogens (tertiary/aromatic N) is 1. The van der Waals surface area contributed by atoms with Crippen LogP contribution in [-0.2, 0) is 14.8 Å². The van der Waals surface area contributed by atoms with Crippen LogP contribution in [0.3, 0.4) is 0 Å². The molecule has 1 amide bonds. The molecule has 0 aliphatic heterocycles. The van der Waals surface area contributed by atoms with E-state index in [9.17, 15) is 17.6 Å². The van der Waals surface area contributed by atoms with Gasteiger partial charge in [-0.3, -0.25) is 9.10 Å². The molecule has 0 bridgehead atoms. The summed E-state index contributed by atoms with van der Waals surface area (Å²) in [6.45, 7) is 3.50. The van der Waals surface area contributed by atoms with E-state index in [2.05, 4.69) is 5.32 Å². The quantitative estimate of drug-likeness (QED) is 0.728. The molecule has 6 nitrogen and oxygen atoms in total.